The van der Waals surface area contributed by atoms with E-state index in [-0.39, 0.29) is 11.8 Å². The molecular weight excluding hydrogens is 408 g/mol. The number of hydrogen-bond donors (Lipinski definition) is 0. The van der Waals surface area contributed by atoms with Crippen LogP contribution in [0.5, 0.6) is 0 Å². The molecule has 0 saturated carbocycles. The van der Waals surface area contributed by atoms with Crippen LogP contribution in [0, 0.1) is 11.8 Å². The number of rotatable bonds is 10. The molecule has 0 aliphatic heterocycles. The Bertz CT molecular complexity index is 854. The highest BCUT2D eigenvalue weighted by molar-refractivity contribution is 7.14. The van der Waals surface area contributed by atoms with E-state index < -0.39 is 5.97 Å². The Morgan fingerprint density at radius 2 is 1.86 bits per heavy atom. The fourth-order valence-corrected chi connectivity index (χ4v) is 4.32. The summed E-state index contributed by atoms with van der Waals surface area (Å²) in [6.07, 6.45) is 5.38. The molecule has 2 aromatic rings. The summed E-state index contributed by atoms with van der Waals surface area (Å²) in [6.45, 7) is 6.75. The Labute approximate surface area is 180 Å². The molecule has 2 rings (SSSR count). The maximum atomic E-state index is 11.6. The Hall–Kier alpha value is -2.03. The first-order valence-corrected chi connectivity index (χ1v) is 11.1. The van der Waals surface area contributed by atoms with Crippen LogP contribution in [0.4, 0.5) is 0 Å². The molecule has 2 aromatic heterocycles. The molecule has 158 valence electrons. The van der Waals surface area contributed by atoms with E-state index in [1.165, 1.54) is 13.2 Å². The Morgan fingerprint density at radius 1 is 1.10 bits per heavy atom. The van der Waals surface area contributed by atoms with Gasteiger partial charge in [0, 0.05) is 35.6 Å². The number of esters is 1. The molecule has 2 unspecified atom stereocenters. The van der Waals surface area contributed by atoms with E-state index in [9.17, 15) is 4.79 Å². The van der Waals surface area contributed by atoms with Crippen LogP contribution in [-0.2, 0) is 19.0 Å². The maximum absolute atomic E-state index is 11.6. The quantitative estimate of drug-likeness (QED) is 0.296. The zero-order valence-electron chi connectivity index (χ0n) is 17.7. The minimum atomic E-state index is -0.443. The summed E-state index contributed by atoms with van der Waals surface area (Å²) >= 11 is 3.24. The van der Waals surface area contributed by atoms with Crippen molar-refractivity contribution in [3.8, 4) is 10.7 Å². The standard InChI is InChI=1S/C21H28N2O4S2/c1-13(2)20-23-17(12-29-20)21-22-16(11-28-21)8-7-15(10-25-4)14(3)18(26-5)9-19(24)27-6/h7-9,11-15H,10H2,1-6H3/b8-7+,18-9+. The SMILES string of the molecule is COCC(/C=C/c1csc(-c2csc(C(C)C)n2)n1)C(C)/C(=C\C(=O)OC)OC. The third-order valence-corrected chi connectivity index (χ3v) is 6.45. The van der Waals surface area contributed by atoms with Gasteiger partial charge in [0.05, 0.1) is 37.6 Å². The molecule has 0 aromatic carbocycles. The second-order valence-electron chi connectivity index (χ2n) is 6.84. The first kappa shape index (κ1) is 23.3. The average molecular weight is 437 g/mol. The van der Waals surface area contributed by atoms with Gasteiger partial charge in [-0.05, 0) is 6.08 Å². The van der Waals surface area contributed by atoms with Gasteiger partial charge < -0.3 is 14.2 Å². The first-order valence-electron chi connectivity index (χ1n) is 9.31. The number of thiazole rings is 2. The van der Waals surface area contributed by atoms with E-state index in [0.29, 0.717) is 18.3 Å². The van der Waals surface area contributed by atoms with E-state index >= 15 is 0 Å². The second-order valence-corrected chi connectivity index (χ2v) is 8.59. The average Bonchev–Trinajstić information content (AvgIpc) is 3.38. The monoisotopic (exact) mass is 436 g/mol. The molecule has 0 bridgehead atoms. The molecule has 0 aliphatic carbocycles. The fourth-order valence-electron chi connectivity index (χ4n) is 2.67. The molecule has 2 heterocycles. The van der Waals surface area contributed by atoms with E-state index in [4.69, 9.17) is 14.2 Å². The number of allylic oxidation sites excluding steroid dienone is 1. The van der Waals surface area contributed by atoms with Crippen molar-refractivity contribution < 1.29 is 19.0 Å². The Morgan fingerprint density at radius 3 is 2.45 bits per heavy atom. The highest BCUT2D eigenvalue weighted by Gasteiger charge is 2.21. The van der Waals surface area contributed by atoms with Crippen LogP contribution in [-0.4, -0.2) is 43.9 Å². The zero-order chi connectivity index (χ0) is 21.4. The largest absolute Gasteiger partial charge is 0.501 e. The number of aromatic nitrogens is 2. The van der Waals surface area contributed by atoms with Crippen LogP contribution in [0.2, 0.25) is 0 Å². The van der Waals surface area contributed by atoms with Gasteiger partial charge in [0.25, 0.3) is 0 Å². The van der Waals surface area contributed by atoms with Crippen LogP contribution in [0.25, 0.3) is 16.8 Å². The smallest absolute Gasteiger partial charge is 0.333 e. The van der Waals surface area contributed by atoms with Crippen molar-refractivity contribution in [1.29, 1.82) is 0 Å². The molecule has 0 spiro atoms. The van der Waals surface area contributed by atoms with Gasteiger partial charge >= 0.3 is 5.97 Å². The predicted octanol–water partition coefficient (Wildman–Crippen LogP) is 5.01. The summed E-state index contributed by atoms with van der Waals surface area (Å²) < 4.78 is 15.5. The van der Waals surface area contributed by atoms with Crippen LogP contribution >= 0.6 is 22.7 Å². The lowest BCUT2D eigenvalue weighted by molar-refractivity contribution is -0.135. The van der Waals surface area contributed by atoms with Gasteiger partial charge in [-0.3, -0.25) is 0 Å². The molecule has 0 aliphatic rings. The lowest BCUT2D eigenvalue weighted by atomic mass is 9.92. The number of hydrogen-bond acceptors (Lipinski definition) is 8. The zero-order valence-corrected chi connectivity index (χ0v) is 19.3. The topological polar surface area (TPSA) is 70.5 Å². The summed E-state index contributed by atoms with van der Waals surface area (Å²) in [5, 5.41) is 6.09. The van der Waals surface area contributed by atoms with Crippen molar-refractivity contribution >= 4 is 34.7 Å². The van der Waals surface area contributed by atoms with Crippen molar-refractivity contribution in [1.82, 2.24) is 9.97 Å². The predicted molar refractivity (Wildman–Crippen MR) is 118 cm³/mol. The molecular formula is C21H28N2O4S2. The maximum Gasteiger partial charge on any atom is 0.333 e. The minimum Gasteiger partial charge on any atom is -0.501 e. The fraction of sp³-hybridized carbons (Fsp3) is 0.476. The van der Waals surface area contributed by atoms with Gasteiger partial charge in [-0.15, -0.1) is 22.7 Å². The summed E-state index contributed by atoms with van der Waals surface area (Å²) in [7, 11) is 4.54. The van der Waals surface area contributed by atoms with E-state index in [0.717, 1.165) is 21.4 Å². The number of ether oxygens (including phenoxy) is 3. The molecule has 0 radical (unpaired) electrons. The second kappa shape index (κ2) is 11.2. The number of nitrogens with zero attached hydrogens (tertiary/aromatic N) is 2. The van der Waals surface area contributed by atoms with Crippen LogP contribution in [0.1, 0.15) is 37.4 Å². The van der Waals surface area contributed by atoms with Crippen molar-refractivity contribution in [2.45, 2.75) is 26.7 Å². The molecule has 0 saturated heterocycles. The molecule has 0 fully saturated rings. The van der Waals surface area contributed by atoms with Crippen molar-refractivity contribution in [3.05, 3.63) is 39.4 Å². The summed E-state index contributed by atoms with van der Waals surface area (Å²) in [4.78, 5) is 20.9. The van der Waals surface area contributed by atoms with Gasteiger partial charge in [0.15, 0.2) is 0 Å². The first-order chi connectivity index (χ1) is 13.9. The highest BCUT2D eigenvalue weighted by atomic mass is 32.1. The van der Waals surface area contributed by atoms with Crippen LogP contribution in [0.15, 0.2) is 28.7 Å². The number of methoxy groups -OCH3 is 3. The van der Waals surface area contributed by atoms with Gasteiger partial charge in [-0.1, -0.05) is 26.8 Å². The van der Waals surface area contributed by atoms with Crippen LogP contribution < -0.4 is 0 Å². The van der Waals surface area contributed by atoms with Crippen molar-refractivity contribution in [2.75, 3.05) is 27.9 Å². The normalized spacial score (nSPS) is 14.4. The van der Waals surface area contributed by atoms with E-state index in [1.54, 1.807) is 36.9 Å². The third-order valence-electron chi connectivity index (χ3n) is 4.42. The summed E-state index contributed by atoms with van der Waals surface area (Å²) in [6, 6.07) is 0. The number of carbonyl (C=O) groups is 1. The van der Waals surface area contributed by atoms with Gasteiger partial charge in [-0.25, -0.2) is 14.8 Å². The minimum absolute atomic E-state index is 0.00724. The van der Waals surface area contributed by atoms with E-state index in [2.05, 4.69) is 29.2 Å². The molecule has 8 heteroatoms. The molecule has 0 N–H and O–H groups in total. The molecule has 6 nitrogen and oxygen atoms in total. The Kier molecular flexibility index (Phi) is 9.00. The van der Waals surface area contributed by atoms with Crippen molar-refractivity contribution in [3.63, 3.8) is 0 Å². The van der Waals surface area contributed by atoms with Crippen molar-refractivity contribution in [2.24, 2.45) is 11.8 Å². The highest BCUT2D eigenvalue weighted by Crippen LogP contribution is 2.29. The van der Waals surface area contributed by atoms with Gasteiger partial charge in [0.2, 0.25) is 0 Å². The lowest BCUT2D eigenvalue weighted by Crippen LogP contribution is -2.19. The van der Waals surface area contributed by atoms with E-state index in [1.807, 2.05) is 24.5 Å². The third kappa shape index (κ3) is 6.48. The number of carbonyl (C=O) groups excluding carboxylic acids is 1. The summed E-state index contributed by atoms with van der Waals surface area (Å²) in [5.74, 6) is 0.457. The van der Waals surface area contributed by atoms with Crippen LogP contribution in [0.3, 0.4) is 0 Å². The van der Waals surface area contributed by atoms with Gasteiger partial charge in [0.1, 0.15) is 16.5 Å². The Balaban J connectivity index is 2.16. The lowest BCUT2D eigenvalue weighted by Gasteiger charge is -2.22. The molecule has 29 heavy (non-hydrogen) atoms. The van der Waals surface area contributed by atoms with Gasteiger partial charge in [-0.2, -0.15) is 0 Å². The molecule has 0 amide bonds. The molecule has 2 atom stereocenters. The summed E-state index contributed by atoms with van der Waals surface area (Å²) in [5.41, 5.74) is 1.79.